The fourth-order valence-corrected chi connectivity index (χ4v) is 2.25. The molecule has 2 unspecified atom stereocenters. The van der Waals surface area contributed by atoms with Crippen molar-refractivity contribution in [1.29, 1.82) is 0 Å². The van der Waals surface area contributed by atoms with Gasteiger partial charge in [0.25, 0.3) is 0 Å². The number of benzene rings is 1. The predicted molar refractivity (Wildman–Crippen MR) is 69.1 cm³/mol. The number of halogens is 1. The van der Waals surface area contributed by atoms with E-state index in [0.29, 0.717) is 11.3 Å². The summed E-state index contributed by atoms with van der Waals surface area (Å²) in [5, 5.41) is 3.93. The van der Waals surface area contributed by atoms with E-state index in [1.807, 2.05) is 26.1 Å². The van der Waals surface area contributed by atoms with Gasteiger partial charge in [-0.05, 0) is 25.6 Å². The van der Waals surface area contributed by atoms with Gasteiger partial charge in [0, 0.05) is 12.5 Å². The molecule has 3 nitrogen and oxygen atoms in total. The second kappa shape index (κ2) is 5.50. The molecule has 0 amide bonds. The third-order valence-corrected chi connectivity index (χ3v) is 3.21. The third-order valence-electron chi connectivity index (χ3n) is 3.21. The molecule has 0 radical (unpaired) electrons. The Hall–Kier alpha value is -1.39. The van der Waals surface area contributed by atoms with Gasteiger partial charge < -0.3 is 14.5 Å². The first-order chi connectivity index (χ1) is 8.71. The maximum Gasteiger partial charge on any atom is 0.169 e. The maximum atomic E-state index is 13.6. The normalized spacial score (nSPS) is 14.9. The van der Waals surface area contributed by atoms with Gasteiger partial charge in [-0.15, -0.1) is 0 Å². The maximum absolute atomic E-state index is 13.6. The summed E-state index contributed by atoms with van der Waals surface area (Å²) in [4.78, 5) is 0. The zero-order valence-corrected chi connectivity index (χ0v) is 10.9. The molecular weight excluding hydrogens is 233 g/mol. The number of furan rings is 1. The minimum atomic E-state index is -0.334. The van der Waals surface area contributed by atoms with Crippen LogP contribution in [-0.2, 0) is 4.74 Å². The van der Waals surface area contributed by atoms with Gasteiger partial charge in [-0.3, -0.25) is 0 Å². The lowest BCUT2D eigenvalue weighted by Gasteiger charge is -2.22. The second-order valence-electron chi connectivity index (χ2n) is 4.26. The Labute approximate surface area is 106 Å². The predicted octanol–water partition coefficient (Wildman–Crippen LogP) is 3.26. The molecule has 0 aliphatic carbocycles. The van der Waals surface area contributed by atoms with E-state index in [2.05, 4.69) is 5.32 Å². The monoisotopic (exact) mass is 251 g/mol. The molecule has 2 atom stereocenters. The molecule has 2 aromatic rings. The van der Waals surface area contributed by atoms with E-state index in [1.165, 1.54) is 6.07 Å². The summed E-state index contributed by atoms with van der Waals surface area (Å²) < 4.78 is 24.6. The van der Waals surface area contributed by atoms with Gasteiger partial charge in [-0.25, -0.2) is 4.39 Å². The number of likely N-dealkylation sites (N-methyl/N-ethyl adjacent to an activating group) is 1. The van der Waals surface area contributed by atoms with Crippen molar-refractivity contribution in [3.05, 3.63) is 35.8 Å². The zero-order chi connectivity index (χ0) is 13.1. The largest absolute Gasteiger partial charge is 0.456 e. The van der Waals surface area contributed by atoms with Crippen LogP contribution in [0, 0.1) is 5.82 Å². The highest BCUT2D eigenvalue weighted by Gasteiger charge is 2.24. The highest BCUT2D eigenvalue weighted by atomic mass is 19.1. The standard InChI is InChI=1S/C14H18FNO2/c1-4-11(17-3)13(16-2)12-8-9-6-5-7-10(15)14(9)18-12/h5-8,11,13,16H,4H2,1-3H3. The Morgan fingerprint density at radius 3 is 2.78 bits per heavy atom. The van der Waals surface area contributed by atoms with Crippen LogP contribution in [-0.4, -0.2) is 20.3 Å². The Balaban J connectivity index is 2.42. The van der Waals surface area contributed by atoms with E-state index >= 15 is 0 Å². The number of ether oxygens (including phenoxy) is 1. The summed E-state index contributed by atoms with van der Waals surface area (Å²) in [6.45, 7) is 2.04. The molecule has 0 spiro atoms. The number of hydrogen-bond donors (Lipinski definition) is 1. The number of para-hydroxylation sites is 1. The molecule has 0 saturated heterocycles. The molecule has 0 fully saturated rings. The molecule has 4 heteroatoms. The highest BCUT2D eigenvalue weighted by Crippen LogP contribution is 2.29. The lowest BCUT2D eigenvalue weighted by molar-refractivity contribution is 0.0611. The summed E-state index contributed by atoms with van der Waals surface area (Å²) in [7, 11) is 3.51. The highest BCUT2D eigenvalue weighted by molar-refractivity contribution is 5.78. The Bertz CT molecular complexity index is 519. The summed E-state index contributed by atoms with van der Waals surface area (Å²) in [6.07, 6.45) is 0.847. The minimum Gasteiger partial charge on any atom is -0.456 e. The van der Waals surface area contributed by atoms with Gasteiger partial charge in [0.05, 0.1) is 12.1 Å². The average molecular weight is 251 g/mol. The van der Waals surface area contributed by atoms with Crippen molar-refractivity contribution in [3.8, 4) is 0 Å². The molecule has 98 valence electrons. The summed E-state index contributed by atoms with van der Waals surface area (Å²) >= 11 is 0. The smallest absolute Gasteiger partial charge is 0.169 e. The van der Waals surface area contributed by atoms with Crippen molar-refractivity contribution in [1.82, 2.24) is 5.32 Å². The molecule has 1 aromatic carbocycles. The summed E-state index contributed by atoms with van der Waals surface area (Å²) in [5.74, 6) is 0.366. The zero-order valence-electron chi connectivity index (χ0n) is 10.9. The number of nitrogens with one attached hydrogen (secondary N) is 1. The van der Waals surface area contributed by atoms with Gasteiger partial charge >= 0.3 is 0 Å². The third kappa shape index (κ3) is 2.26. The SMILES string of the molecule is CCC(OC)C(NC)c1cc2cccc(F)c2o1. The molecule has 18 heavy (non-hydrogen) atoms. The fraction of sp³-hybridized carbons (Fsp3) is 0.429. The van der Waals surface area contributed by atoms with Crippen LogP contribution in [0.4, 0.5) is 4.39 Å². The van der Waals surface area contributed by atoms with Gasteiger partial charge in [0.2, 0.25) is 0 Å². The van der Waals surface area contributed by atoms with Crippen molar-refractivity contribution in [2.45, 2.75) is 25.5 Å². The van der Waals surface area contributed by atoms with Crippen LogP contribution in [0.15, 0.2) is 28.7 Å². The Morgan fingerprint density at radius 2 is 2.22 bits per heavy atom. The molecule has 0 saturated carbocycles. The molecule has 0 aliphatic rings. The second-order valence-corrected chi connectivity index (χ2v) is 4.26. The van der Waals surface area contributed by atoms with Crippen LogP contribution in [0.1, 0.15) is 25.1 Å². The van der Waals surface area contributed by atoms with Crippen molar-refractivity contribution in [2.75, 3.05) is 14.2 Å². The van der Waals surface area contributed by atoms with Gasteiger partial charge in [0.1, 0.15) is 5.76 Å². The lowest BCUT2D eigenvalue weighted by Crippen LogP contribution is -2.30. The first kappa shape index (κ1) is 13.1. The first-order valence-electron chi connectivity index (χ1n) is 6.09. The molecular formula is C14H18FNO2. The number of hydrogen-bond acceptors (Lipinski definition) is 3. The van der Waals surface area contributed by atoms with Crippen LogP contribution in [0.3, 0.4) is 0 Å². The van der Waals surface area contributed by atoms with Crippen molar-refractivity contribution in [3.63, 3.8) is 0 Å². The van der Waals surface area contributed by atoms with Crippen LogP contribution in [0.25, 0.3) is 11.0 Å². The molecule has 2 rings (SSSR count). The van der Waals surface area contributed by atoms with Crippen molar-refractivity contribution >= 4 is 11.0 Å². The quantitative estimate of drug-likeness (QED) is 0.885. The lowest BCUT2D eigenvalue weighted by atomic mass is 10.1. The Kier molecular flexibility index (Phi) is 3.99. The van der Waals surface area contributed by atoms with E-state index in [0.717, 1.165) is 11.8 Å². The molecule has 0 bridgehead atoms. The van der Waals surface area contributed by atoms with E-state index in [9.17, 15) is 4.39 Å². The summed E-state index contributed by atoms with van der Waals surface area (Å²) in [5.41, 5.74) is 0.304. The number of rotatable bonds is 5. The minimum absolute atomic E-state index is 0.00127. The van der Waals surface area contributed by atoms with Gasteiger partial charge in [-0.1, -0.05) is 19.1 Å². The van der Waals surface area contributed by atoms with E-state index < -0.39 is 0 Å². The average Bonchev–Trinajstić information content (AvgIpc) is 2.80. The van der Waals surface area contributed by atoms with Crippen LogP contribution < -0.4 is 5.32 Å². The molecule has 1 heterocycles. The molecule has 0 aliphatic heterocycles. The molecule has 1 aromatic heterocycles. The molecule has 1 N–H and O–H groups in total. The van der Waals surface area contributed by atoms with Crippen molar-refractivity contribution < 1.29 is 13.5 Å². The van der Waals surface area contributed by atoms with Crippen LogP contribution in [0.5, 0.6) is 0 Å². The summed E-state index contributed by atoms with van der Waals surface area (Å²) in [6, 6.07) is 6.70. The van der Waals surface area contributed by atoms with Crippen molar-refractivity contribution in [2.24, 2.45) is 0 Å². The topological polar surface area (TPSA) is 34.4 Å². The van der Waals surface area contributed by atoms with Crippen LogP contribution >= 0.6 is 0 Å². The van der Waals surface area contributed by atoms with Crippen LogP contribution in [0.2, 0.25) is 0 Å². The van der Waals surface area contributed by atoms with E-state index in [-0.39, 0.29) is 18.0 Å². The Morgan fingerprint density at radius 1 is 1.44 bits per heavy atom. The number of methoxy groups -OCH3 is 1. The van der Waals surface area contributed by atoms with E-state index in [1.54, 1.807) is 13.2 Å². The van der Waals surface area contributed by atoms with Gasteiger partial charge in [-0.2, -0.15) is 0 Å². The number of fused-ring (bicyclic) bond motifs is 1. The fourth-order valence-electron chi connectivity index (χ4n) is 2.25. The van der Waals surface area contributed by atoms with Gasteiger partial charge in [0.15, 0.2) is 11.4 Å². The van der Waals surface area contributed by atoms with E-state index in [4.69, 9.17) is 9.15 Å². The first-order valence-corrected chi connectivity index (χ1v) is 6.09.